The summed E-state index contributed by atoms with van der Waals surface area (Å²) in [6.07, 6.45) is -0.850. The standard InChI is InChI=1S/C16H27N5O7S/c22-12(9-19-11-29)10-20-5-3-17-1-2-18-4-6-21(8-7-20)16(13(23)24,14(25)26)15(27)28/h12,17-18,22H,1-10H2,(H,23,24)(H,25,26)(H,27,28). The molecule has 1 rings (SSSR count). The van der Waals surface area contributed by atoms with Crippen LogP contribution in [-0.4, -0.2) is 130 Å². The van der Waals surface area contributed by atoms with Gasteiger partial charge in [-0.2, -0.15) is 0 Å². The van der Waals surface area contributed by atoms with Crippen LogP contribution in [0.1, 0.15) is 0 Å². The molecule has 6 N–H and O–H groups in total. The number of aliphatic imine (C=N–C) groups is 1. The Morgan fingerprint density at radius 3 is 2.03 bits per heavy atom. The second-order valence-electron chi connectivity index (χ2n) is 6.50. The Kier molecular flexibility index (Phi) is 10.8. The molecule has 0 bridgehead atoms. The number of hydrogen-bond acceptors (Lipinski definition) is 10. The number of nitrogens with one attached hydrogen (secondary N) is 2. The van der Waals surface area contributed by atoms with Crippen LogP contribution < -0.4 is 10.6 Å². The summed E-state index contributed by atoms with van der Waals surface area (Å²) in [7, 11) is 0. The molecule has 0 aromatic rings. The Balaban J connectivity index is 3.08. The van der Waals surface area contributed by atoms with Crippen molar-refractivity contribution in [3.8, 4) is 0 Å². The third kappa shape index (κ3) is 7.08. The Morgan fingerprint density at radius 1 is 0.966 bits per heavy atom. The van der Waals surface area contributed by atoms with Crippen molar-refractivity contribution >= 4 is 35.3 Å². The molecular weight excluding hydrogens is 406 g/mol. The van der Waals surface area contributed by atoms with E-state index in [1.54, 1.807) is 4.90 Å². The Bertz CT molecular complexity index is 593. The Morgan fingerprint density at radius 2 is 1.52 bits per heavy atom. The number of rotatable bonds is 8. The minimum atomic E-state index is -3.10. The number of aliphatic hydroxyl groups is 1. The first-order chi connectivity index (χ1) is 13.8. The van der Waals surface area contributed by atoms with Crippen LogP contribution in [0.5, 0.6) is 0 Å². The number of thiocarbonyl (C=S) groups is 1. The van der Waals surface area contributed by atoms with Crippen LogP contribution in [-0.2, 0) is 14.4 Å². The number of aliphatic hydroxyl groups excluding tert-OH is 1. The predicted octanol–water partition coefficient (Wildman–Crippen LogP) is -2.76. The number of hydrogen-bond donors (Lipinski definition) is 6. The number of aliphatic carboxylic acids is 3. The van der Waals surface area contributed by atoms with Crippen LogP contribution in [0.15, 0.2) is 4.99 Å². The summed E-state index contributed by atoms with van der Waals surface area (Å²) < 4.78 is 0. The summed E-state index contributed by atoms with van der Waals surface area (Å²) in [6.45, 7) is 2.55. The molecule has 1 aliphatic heterocycles. The molecule has 1 heterocycles. The molecule has 0 amide bonds. The number of isothiocyanates is 1. The van der Waals surface area contributed by atoms with Gasteiger partial charge >= 0.3 is 23.4 Å². The zero-order chi connectivity index (χ0) is 21.9. The van der Waals surface area contributed by atoms with E-state index >= 15 is 0 Å². The molecule has 1 aliphatic rings. The lowest BCUT2D eigenvalue weighted by Crippen LogP contribution is -2.67. The third-order valence-corrected chi connectivity index (χ3v) is 4.70. The molecule has 0 saturated carbocycles. The molecule has 29 heavy (non-hydrogen) atoms. The Labute approximate surface area is 173 Å². The first-order valence-corrected chi connectivity index (χ1v) is 9.48. The lowest BCUT2D eigenvalue weighted by Gasteiger charge is -2.36. The maximum absolute atomic E-state index is 11.7. The summed E-state index contributed by atoms with van der Waals surface area (Å²) in [6, 6.07) is 0. The van der Waals surface area contributed by atoms with E-state index < -0.39 is 29.6 Å². The molecule has 1 saturated heterocycles. The quantitative estimate of drug-likeness (QED) is 0.132. The van der Waals surface area contributed by atoms with Gasteiger partial charge < -0.3 is 31.1 Å². The predicted molar refractivity (Wildman–Crippen MR) is 105 cm³/mol. The van der Waals surface area contributed by atoms with Crippen molar-refractivity contribution in [2.45, 2.75) is 11.6 Å². The highest BCUT2D eigenvalue weighted by Gasteiger charge is 2.59. The van der Waals surface area contributed by atoms with Crippen LogP contribution >= 0.6 is 12.2 Å². The van der Waals surface area contributed by atoms with Gasteiger partial charge in [0.15, 0.2) is 0 Å². The summed E-state index contributed by atoms with van der Waals surface area (Å²) >= 11 is 4.47. The molecule has 1 unspecified atom stereocenters. The lowest BCUT2D eigenvalue weighted by atomic mass is 9.97. The maximum atomic E-state index is 11.7. The van der Waals surface area contributed by atoms with E-state index in [9.17, 15) is 34.8 Å². The number of carboxylic acid groups (broad SMARTS) is 3. The Hall–Kier alpha value is -1.99. The average molecular weight is 433 g/mol. The molecule has 12 nitrogen and oxygen atoms in total. The highest BCUT2D eigenvalue weighted by atomic mass is 32.1. The van der Waals surface area contributed by atoms with Crippen LogP contribution in [0.2, 0.25) is 0 Å². The van der Waals surface area contributed by atoms with Crippen molar-refractivity contribution in [1.82, 2.24) is 20.4 Å². The highest BCUT2D eigenvalue weighted by Crippen LogP contribution is 2.18. The van der Waals surface area contributed by atoms with Gasteiger partial charge in [0.05, 0.1) is 17.8 Å². The van der Waals surface area contributed by atoms with Gasteiger partial charge in [-0.25, -0.2) is 19.4 Å². The first kappa shape index (κ1) is 25.0. The number of carboxylic acids is 3. The van der Waals surface area contributed by atoms with Gasteiger partial charge in [0.25, 0.3) is 0 Å². The zero-order valence-electron chi connectivity index (χ0n) is 15.9. The van der Waals surface area contributed by atoms with Gasteiger partial charge in [0, 0.05) is 58.9 Å². The normalized spacial score (nSPS) is 19.2. The van der Waals surface area contributed by atoms with Gasteiger partial charge in [-0.05, 0) is 12.2 Å². The third-order valence-electron chi connectivity index (χ3n) is 4.57. The van der Waals surface area contributed by atoms with Gasteiger partial charge in [0.1, 0.15) is 0 Å². The van der Waals surface area contributed by atoms with Gasteiger partial charge in [-0.3, -0.25) is 9.80 Å². The van der Waals surface area contributed by atoms with Crippen molar-refractivity contribution in [2.24, 2.45) is 4.99 Å². The van der Waals surface area contributed by atoms with Crippen LogP contribution in [0.4, 0.5) is 0 Å². The monoisotopic (exact) mass is 433 g/mol. The van der Waals surface area contributed by atoms with E-state index in [1.165, 1.54) is 0 Å². The molecule has 0 aliphatic carbocycles. The fraction of sp³-hybridized carbons (Fsp3) is 0.750. The topological polar surface area (TPSA) is 175 Å². The molecule has 0 aromatic heterocycles. The van der Waals surface area contributed by atoms with E-state index in [2.05, 4.69) is 33.0 Å². The summed E-state index contributed by atoms with van der Waals surface area (Å²) in [5.41, 5.74) is -3.10. The second kappa shape index (κ2) is 12.5. The van der Waals surface area contributed by atoms with Crippen LogP contribution in [0.25, 0.3) is 0 Å². The zero-order valence-corrected chi connectivity index (χ0v) is 16.7. The van der Waals surface area contributed by atoms with Crippen molar-refractivity contribution in [3.63, 3.8) is 0 Å². The van der Waals surface area contributed by atoms with E-state index in [0.717, 1.165) is 4.90 Å². The SMILES string of the molecule is O=C(O)C(C(=O)O)(C(=O)O)N1CCNCCNCCN(CC(O)CN=C=S)CC1. The fourth-order valence-corrected chi connectivity index (χ4v) is 3.13. The first-order valence-electron chi connectivity index (χ1n) is 9.07. The molecule has 0 spiro atoms. The highest BCUT2D eigenvalue weighted by molar-refractivity contribution is 7.78. The summed E-state index contributed by atoms with van der Waals surface area (Å²) in [5.74, 6) is -5.89. The van der Waals surface area contributed by atoms with E-state index in [4.69, 9.17) is 0 Å². The molecular formula is C16H27N5O7S. The van der Waals surface area contributed by atoms with Crippen molar-refractivity contribution in [3.05, 3.63) is 0 Å². The minimum Gasteiger partial charge on any atom is -0.479 e. The fourth-order valence-electron chi connectivity index (χ4n) is 3.06. The van der Waals surface area contributed by atoms with Crippen molar-refractivity contribution < 1.29 is 34.8 Å². The lowest BCUT2D eigenvalue weighted by molar-refractivity contribution is -0.179. The number of carbonyl (C=O) groups is 3. The van der Waals surface area contributed by atoms with E-state index in [1.807, 2.05) is 0 Å². The molecule has 1 atom stereocenters. The molecule has 164 valence electrons. The maximum Gasteiger partial charge on any atom is 0.347 e. The van der Waals surface area contributed by atoms with Gasteiger partial charge in [-0.15, -0.1) is 0 Å². The second-order valence-corrected chi connectivity index (χ2v) is 6.68. The molecule has 1 fully saturated rings. The van der Waals surface area contributed by atoms with Crippen molar-refractivity contribution in [1.29, 1.82) is 0 Å². The molecule has 13 heteroatoms. The van der Waals surface area contributed by atoms with Crippen molar-refractivity contribution in [2.75, 3.05) is 65.4 Å². The van der Waals surface area contributed by atoms with E-state index in [0.29, 0.717) is 26.2 Å². The summed E-state index contributed by atoms with van der Waals surface area (Å²) in [4.78, 5) is 41.6. The van der Waals surface area contributed by atoms with Gasteiger partial charge in [-0.1, -0.05) is 0 Å². The number of nitrogens with zero attached hydrogens (tertiary/aromatic N) is 3. The minimum absolute atomic E-state index is 0.0460. The van der Waals surface area contributed by atoms with Crippen LogP contribution in [0, 0.1) is 0 Å². The van der Waals surface area contributed by atoms with E-state index in [-0.39, 0.29) is 39.3 Å². The van der Waals surface area contributed by atoms with Crippen LogP contribution in [0.3, 0.4) is 0 Å². The number of β-amino-alcohol motifs (C(OH)–C–C–N with tert-alkyl or cyclic N) is 1. The largest absolute Gasteiger partial charge is 0.479 e. The smallest absolute Gasteiger partial charge is 0.347 e. The molecule has 0 radical (unpaired) electrons. The van der Waals surface area contributed by atoms with Gasteiger partial charge in [0.2, 0.25) is 0 Å². The average Bonchev–Trinajstić information content (AvgIpc) is 2.63. The molecule has 0 aromatic carbocycles. The summed E-state index contributed by atoms with van der Waals surface area (Å²) in [5, 5.41) is 47.0.